The summed E-state index contributed by atoms with van der Waals surface area (Å²) < 4.78 is 0. The summed E-state index contributed by atoms with van der Waals surface area (Å²) in [5.74, 6) is 0.413. The molecule has 1 aliphatic rings. The third kappa shape index (κ3) is 5.93. The van der Waals surface area contributed by atoms with Crippen molar-refractivity contribution in [3.8, 4) is 0 Å². The maximum absolute atomic E-state index is 13.0. The van der Waals surface area contributed by atoms with Crippen molar-refractivity contribution in [2.75, 3.05) is 6.54 Å². The van der Waals surface area contributed by atoms with Crippen LogP contribution in [0, 0.1) is 18.8 Å². The first-order valence-electron chi connectivity index (χ1n) is 10.7. The van der Waals surface area contributed by atoms with Crippen LogP contribution < -0.4 is 5.32 Å². The van der Waals surface area contributed by atoms with E-state index in [1.165, 1.54) is 5.56 Å². The highest BCUT2D eigenvalue weighted by Crippen LogP contribution is 2.30. The van der Waals surface area contributed by atoms with Gasteiger partial charge in [0.15, 0.2) is 0 Å². The van der Waals surface area contributed by atoms with Crippen molar-refractivity contribution in [1.82, 2.24) is 10.2 Å². The fourth-order valence-corrected chi connectivity index (χ4v) is 4.17. The molecule has 1 N–H and O–H groups in total. The lowest BCUT2D eigenvalue weighted by Gasteiger charge is -2.31. The summed E-state index contributed by atoms with van der Waals surface area (Å²) in [5.41, 5.74) is 3.49. The average Bonchev–Trinajstić information content (AvgIpc) is 2.76. The molecule has 0 spiro atoms. The number of carbonyl (C=O) groups is 2. The van der Waals surface area contributed by atoms with E-state index in [0.29, 0.717) is 19.6 Å². The fourth-order valence-electron chi connectivity index (χ4n) is 4.17. The Morgan fingerprint density at radius 2 is 1.59 bits per heavy atom. The van der Waals surface area contributed by atoms with Gasteiger partial charge in [0, 0.05) is 31.5 Å². The molecule has 1 fully saturated rings. The van der Waals surface area contributed by atoms with Crippen molar-refractivity contribution in [2.45, 2.75) is 52.6 Å². The molecule has 1 aliphatic carbocycles. The molecule has 1 saturated carbocycles. The minimum absolute atomic E-state index is 0.0214. The summed E-state index contributed by atoms with van der Waals surface area (Å²) in [6, 6.07) is 18.3. The molecule has 2 amide bonds. The van der Waals surface area contributed by atoms with Crippen LogP contribution in [0.25, 0.3) is 0 Å². The number of carbonyl (C=O) groups excluding carboxylic acids is 2. The first-order chi connectivity index (χ1) is 14.1. The van der Waals surface area contributed by atoms with Crippen molar-refractivity contribution in [3.05, 3.63) is 71.3 Å². The Kier molecular flexibility index (Phi) is 7.45. The predicted molar refractivity (Wildman–Crippen MR) is 116 cm³/mol. The Morgan fingerprint density at radius 3 is 2.24 bits per heavy atom. The molecule has 154 valence electrons. The van der Waals surface area contributed by atoms with Gasteiger partial charge in [-0.05, 0) is 50.7 Å². The summed E-state index contributed by atoms with van der Waals surface area (Å²) in [6.45, 7) is 6.03. The molecule has 2 aromatic rings. The lowest BCUT2D eigenvalue weighted by atomic mass is 9.81. The van der Waals surface area contributed by atoms with Gasteiger partial charge in [-0.1, -0.05) is 60.2 Å². The Labute approximate surface area is 174 Å². The van der Waals surface area contributed by atoms with Gasteiger partial charge in [0.25, 0.3) is 0 Å². The van der Waals surface area contributed by atoms with Crippen molar-refractivity contribution in [1.29, 1.82) is 0 Å². The number of amides is 2. The first-order valence-corrected chi connectivity index (χ1v) is 10.7. The zero-order valence-electron chi connectivity index (χ0n) is 17.6. The second kappa shape index (κ2) is 10.2. The lowest BCUT2D eigenvalue weighted by molar-refractivity contribution is -0.138. The molecule has 0 unspecified atom stereocenters. The summed E-state index contributed by atoms with van der Waals surface area (Å²) in [5, 5.41) is 3.07. The normalized spacial score (nSPS) is 18.8. The zero-order chi connectivity index (χ0) is 20.6. The van der Waals surface area contributed by atoms with Gasteiger partial charge in [-0.25, -0.2) is 0 Å². The van der Waals surface area contributed by atoms with Crippen LogP contribution in [-0.2, 0) is 22.7 Å². The highest BCUT2D eigenvalue weighted by molar-refractivity contribution is 5.81. The molecule has 29 heavy (non-hydrogen) atoms. The Bertz CT molecular complexity index is 811. The van der Waals surface area contributed by atoms with E-state index < -0.39 is 0 Å². The fraction of sp³-hybridized carbons (Fsp3) is 0.440. The highest BCUT2D eigenvalue weighted by Gasteiger charge is 2.31. The van der Waals surface area contributed by atoms with E-state index in [1.807, 2.05) is 42.2 Å². The molecular formula is C25H32N2O2. The van der Waals surface area contributed by atoms with Crippen molar-refractivity contribution >= 4 is 11.8 Å². The minimum Gasteiger partial charge on any atom is -0.352 e. The van der Waals surface area contributed by atoms with Crippen molar-refractivity contribution in [3.63, 3.8) is 0 Å². The average molecular weight is 393 g/mol. The standard InChI is InChI=1S/C25H32N2O2/c1-3-27(18-20-9-5-4-6-10-20)25(29)23-14-12-22(13-15-23)24(28)26-17-21-11-7-8-19(2)16-21/h4-11,16,22-23H,3,12-15,17-18H2,1-2H3,(H,26,28). The Hall–Kier alpha value is -2.62. The number of nitrogens with zero attached hydrogens (tertiary/aromatic N) is 1. The second-order valence-corrected chi connectivity index (χ2v) is 8.09. The molecule has 2 aromatic carbocycles. The molecule has 0 atom stereocenters. The van der Waals surface area contributed by atoms with Crippen molar-refractivity contribution < 1.29 is 9.59 Å². The van der Waals surface area contributed by atoms with Gasteiger partial charge in [-0.15, -0.1) is 0 Å². The Balaban J connectivity index is 1.47. The molecule has 4 heteroatoms. The van der Waals surface area contributed by atoms with Crippen LogP contribution in [0.2, 0.25) is 0 Å². The molecule has 0 radical (unpaired) electrons. The van der Waals surface area contributed by atoms with Gasteiger partial charge in [0.1, 0.15) is 0 Å². The summed E-state index contributed by atoms with van der Waals surface area (Å²) in [4.78, 5) is 27.5. The minimum atomic E-state index is 0.0214. The molecule has 0 heterocycles. The number of hydrogen-bond donors (Lipinski definition) is 1. The molecule has 0 aromatic heterocycles. The maximum atomic E-state index is 13.0. The number of hydrogen-bond acceptors (Lipinski definition) is 2. The lowest BCUT2D eigenvalue weighted by Crippen LogP contribution is -2.39. The van der Waals surface area contributed by atoms with E-state index in [1.54, 1.807) is 0 Å². The summed E-state index contributed by atoms with van der Waals surface area (Å²) in [6.07, 6.45) is 3.18. The zero-order valence-corrected chi connectivity index (χ0v) is 17.6. The number of aryl methyl sites for hydroxylation is 1. The van der Waals surface area contributed by atoms with Crippen LogP contribution in [0.15, 0.2) is 54.6 Å². The Morgan fingerprint density at radius 1 is 0.931 bits per heavy atom. The van der Waals surface area contributed by atoms with Gasteiger partial charge >= 0.3 is 0 Å². The first kappa shape index (κ1) is 21.1. The van der Waals surface area contributed by atoms with Gasteiger partial charge in [-0.2, -0.15) is 0 Å². The van der Waals surface area contributed by atoms with E-state index in [4.69, 9.17) is 0 Å². The molecule has 3 rings (SSSR count). The summed E-state index contributed by atoms with van der Waals surface area (Å²) in [7, 11) is 0. The third-order valence-electron chi connectivity index (χ3n) is 5.91. The van der Waals surface area contributed by atoms with Crippen LogP contribution in [0.4, 0.5) is 0 Å². The van der Waals surface area contributed by atoms with Crippen LogP contribution in [-0.4, -0.2) is 23.3 Å². The van der Waals surface area contributed by atoms with Crippen LogP contribution in [0.3, 0.4) is 0 Å². The smallest absolute Gasteiger partial charge is 0.225 e. The van der Waals surface area contributed by atoms with E-state index in [9.17, 15) is 9.59 Å². The van der Waals surface area contributed by atoms with E-state index in [0.717, 1.165) is 36.8 Å². The topological polar surface area (TPSA) is 49.4 Å². The SMILES string of the molecule is CCN(Cc1ccccc1)C(=O)C1CCC(C(=O)NCc2cccc(C)c2)CC1. The van der Waals surface area contributed by atoms with Gasteiger partial charge in [0.2, 0.25) is 11.8 Å². The molecule has 0 bridgehead atoms. The van der Waals surface area contributed by atoms with E-state index in [-0.39, 0.29) is 23.7 Å². The molecule has 0 saturated heterocycles. The van der Waals surface area contributed by atoms with Crippen molar-refractivity contribution in [2.24, 2.45) is 11.8 Å². The largest absolute Gasteiger partial charge is 0.352 e. The number of rotatable bonds is 7. The highest BCUT2D eigenvalue weighted by atomic mass is 16.2. The van der Waals surface area contributed by atoms with Gasteiger partial charge < -0.3 is 10.2 Å². The van der Waals surface area contributed by atoms with E-state index >= 15 is 0 Å². The van der Waals surface area contributed by atoms with Crippen LogP contribution in [0.1, 0.15) is 49.3 Å². The monoisotopic (exact) mass is 392 g/mol. The van der Waals surface area contributed by atoms with Gasteiger partial charge in [0.05, 0.1) is 0 Å². The van der Waals surface area contributed by atoms with Gasteiger partial charge in [-0.3, -0.25) is 9.59 Å². The quantitative estimate of drug-likeness (QED) is 0.756. The third-order valence-corrected chi connectivity index (χ3v) is 5.91. The number of nitrogens with one attached hydrogen (secondary N) is 1. The van der Waals surface area contributed by atoms with Crippen LogP contribution >= 0.6 is 0 Å². The maximum Gasteiger partial charge on any atom is 0.225 e. The molecular weight excluding hydrogens is 360 g/mol. The number of benzene rings is 2. The predicted octanol–water partition coefficient (Wildman–Crippen LogP) is 4.47. The van der Waals surface area contributed by atoms with Crippen LogP contribution in [0.5, 0.6) is 0 Å². The molecule has 0 aliphatic heterocycles. The molecule has 4 nitrogen and oxygen atoms in total. The summed E-state index contributed by atoms with van der Waals surface area (Å²) >= 11 is 0. The second-order valence-electron chi connectivity index (χ2n) is 8.09. The van der Waals surface area contributed by atoms with E-state index in [2.05, 4.69) is 36.5 Å².